The Morgan fingerprint density at radius 3 is 2.75 bits per heavy atom. The van der Waals surface area contributed by atoms with E-state index in [-0.39, 0.29) is 34.9 Å². The van der Waals surface area contributed by atoms with Crippen LogP contribution in [0.1, 0.15) is 29.6 Å². The van der Waals surface area contributed by atoms with E-state index >= 15 is 0 Å². The molecule has 7 heteroatoms. The molecule has 1 unspecified atom stereocenters. The number of benzene rings is 1. The second kappa shape index (κ2) is 7.47. The zero-order valence-electron chi connectivity index (χ0n) is 10.8. The van der Waals surface area contributed by atoms with Gasteiger partial charge in [-0.05, 0) is 37.6 Å². The number of carbonyl (C=O) groups is 2. The van der Waals surface area contributed by atoms with Crippen LogP contribution in [0.3, 0.4) is 0 Å². The number of nitrogens with two attached hydrogens (primary N) is 1. The minimum absolute atomic E-state index is 0. The Bertz CT molecular complexity index is 502. The third-order valence-corrected chi connectivity index (χ3v) is 3.43. The first-order valence-corrected chi connectivity index (χ1v) is 6.56. The molecule has 1 atom stereocenters. The quantitative estimate of drug-likeness (QED) is 0.793. The Morgan fingerprint density at radius 1 is 1.45 bits per heavy atom. The van der Waals surface area contributed by atoms with E-state index in [1.807, 2.05) is 0 Å². The van der Waals surface area contributed by atoms with Crippen LogP contribution >= 0.6 is 24.0 Å². The van der Waals surface area contributed by atoms with Crippen LogP contribution in [0, 0.1) is 0 Å². The zero-order valence-corrected chi connectivity index (χ0v) is 12.4. The van der Waals surface area contributed by atoms with Crippen molar-refractivity contribution in [3.63, 3.8) is 0 Å². The van der Waals surface area contributed by atoms with Crippen LogP contribution in [0.4, 0.5) is 5.69 Å². The van der Waals surface area contributed by atoms with Crippen molar-refractivity contribution in [3.8, 4) is 0 Å². The zero-order chi connectivity index (χ0) is 13.8. The molecule has 1 aromatic carbocycles. The number of carbonyl (C=O) groups excluding carboxylic acids is 2. The average Bonchev–Trinajstić information content (AvgIpc) is 2.81. The van der Waals surface area contributed by atoms with Crippen molar-refractivity contribution in [2.45, 2.75) is 25.3 Å². The van der Waals surface area contributed by atoms with Gasteiger partial charge in [0.15, 0.2) is 0 Å². The van der Waals surface area contributed by atoms with Gasteiger partial charge in [0.1, 0.15) is 0 Å². The predicted octanol–water partition coefficient (Wildman–Crippen LogP) is 1.94. The summed E-state index contributed by atoms with van der Waals surface area (Å²) >= 11 is 5.91. The van der Waals surface area contributed by atoms with Gasteiger partial charge in [-0.15, -0.1) is 12.4 Å². The van der Waals surface area contributed by atoms with E-state index in [1.54, 1.807) is 6.07 Å². The molecule has 4 N–H and O–H groups in total. The standard InChI is InChI=1S/C13H16ClN3O2.ClH/c14-11-6-9(3-4-10(11)13(15)19)17-12(18)7-8-2-1-5-16-8;/h3-4,6,8,16H,1-2,5,7H2,(H2,15,19)(H,17,18);1H. The molecule has 110 valence electrons. The van der Waals surface area contributed by atoms with Crippen molar-refractivity contribution < 1.29 is 9.59 Å². The van der Waals surface area contributed by atoms with Crippen molar-refractivity contribution in [3.05, 3.63) is 28.8 Å². The fourth-order valence-corrected chi connectivity index (χ4v) is 2.43. The number of nitrogens with one attached hydrogen (secondary N) is 2. The first-order chi connectivity index (χ1) is 9.06. The second-order valence-corrected chi connectivity index (χ2v) is 5.01. The number of halogens is 2. The molecule has 1 saturated heterocycles. The van der Waals surface area contributed by atoms with Gasteiger partial charge in [0.2, 0.25) is 11.8 Å². The molecular weight excluding hydrogens is 301 g/mol. The SMILES string of the molecule is Cl.NC(=O)c1ccc(NC(=O)CC2CCCN2)cc1Cl. The van der Waals surface area contributed by atoms with Crippen LogP contribution < -0.4 is 16.4 Å². The molecule has 0 bridgehead atoms. The number of hydrogen-bond acceptors (Lipinski definition) is 3. The second-order valence-electron chi connectivity index (χ2n) is 4.60. The van der Waals surface area contributed by atoms with E-state index in [4.69, 9.17) is 17.3 Å². The summed E-state index contributed by atoms with van der Waals surface area (Å²) in [5, 5.41) is 6.26. The van der Waals surface area contributed by atoms with Crippen LogP contribution in [0.15, 0.2) is 18.2 Å². The smallest absolute Gasteiger partial charge is 0.250 e. The van der Waals surface area contributed by atoms with E-state index in [9.17, 15) is 9.59 Å². The molecule has 2 amide bonds. The lowest BCUT2D eigenvalue weighted by Crippen LogP contribution is -2.27. The molecule has 1 aromatic rings. The van der Waals surface area contributed by atoms with Gasteiger partial charge in [-0.25, -0.2) is 0 Å². The van der Waals surface area contributed by atoms with E-state index in [0.29, 0.717) is 12.1 Å². The molecule has 1 fully saturated rings. The molecule has 5 nitrogen and oxygen atoms in total. The molecule has 0 saturated carbocycles. The maximum absolute atomic E-state index is 11.8. The molecular formula is C13H17Cl2N3O2. The third kappa shape index (κ3) is 4.37. The summed E-state index contributed by atoms with van der Waals surface area (Å²) < 4.78 is 0. The normalized spacial score (nSPS) is 17.4. The molecule has 0 spiro atoms. The number of rotatable bonds is 4. The Balaban J connectivity index is 0.00000200. The highest BCUT2D eigenvalue weighted by molar-refractivity contribution is 6.34. The van der Waals surface area contributed by atoms with Crippen LogP contribution in [0.5, 0.6) is 0 Å². The lowest BCUT2D eigenvalue weighted by molar-refractivity contribution is -0.116. The summed E-state index contributed by atoms with van der Waals surface area (Å²) in [5.41, 5.74) is 5.97. The third-order valence-electron chi connectivity index (χ3n) is 3.11. The van der Waals surface area contributed by atoms with Crippen molar-refractivity contribution in [2.24, 2.45) is 5.73 Å². The fraction of sp³-hybridized carbons (Fsp3) is 0.385. The maximum Gasteiger partial charge on any atom is 0.250 e. The van der Waals surface area contributed by atoms with E-state index in [0.717, 1.165) is 19.4 Å². The first-order valence-electron chi connectivity index (χ1n) is 6.19. The van der Waals surface area contributed by atoms with Crippen molar-refractivity contribution in [1.82, 2.24) is 5.32 Å². The monoisotopic (exact) mass is 317 g/mol. The number of anilines is 1. The largest absolute Gasteiger partial charge is 0.366 e. The minimum Gasteiger partial charge on any atom is -0.366 e. The Morgan fingerprint density at radius 2 is 2.20 bits per heavy atom. The molecule has 1 heterocycles. The lowest BCUT2D eigenvalue weighted by atomic mass is 10.1. The highest BCUT2D eigenvalue weighted by Gasteiger charge is 2.17. The molecule has 2 rings (SSSR count). The molecule has 0 aromatic heterocycles. The van der Waals surface area contributed by atoms with Gasteiger partial charge in [0, 0.05) is 18.2 Å². The molecule has 0 aliphatic carbocycles. The average molecular weight is 318 g/mol. The summed E-state index contributed by atoms with van der Waals surface area (Å²) in [6, 6.07) is 4.90. The lowest BCUT2D eigenvalue weighted by Gasteiger charge is -2.11. The van der Waals surface area contributed by atoms with Gasteiger partial charge >= 0.3 is 0 Å². The summed E-state index contributed by atoms with van der Waals surface area (Å²) in [6.07, 6.45) is 2.57. The fourth-order valence-electron chi connectivity index (χ4n) is 2.16. The predicted molar refractivity (Wildman–Crippen MR) is 81.5 cm³/mol. The molecule has 1 aliphatic rings. The highest BCUT2D eigenvalue weighted by atomic mass is 35.5. The van der Waals surface area contributed by atoms with Gasteiger partial charge in [-0.3, -0.25) is 9.59 Å². The summed E-state index contributed by atoms with van der Waals surface area (Å²) in [6.45, 7) is 0.969. The van der Waals surface area contributed by atoms with Crippen LogP contribution in [0.2, 0.25) is 5.02 Å². The van der Waals surface area contributed by atoms with E-state index in [1.165, 1.54) is 12.1 Å². The van der Waals surface area contributed by atoms with Gasteiger partial charge < -0.3 is 16.4 Å². The van der Waals surface area contributed by atoms with Crippen LogP contribution in [-0.2, 0) is 4.79 Å². The number of amides is 2. The Hall–Kier alpha value is -1.30. The summed E-state index contributed by atoms with van der Waals surface area (Å²) in [4.78, 5) is 22.8. The first kappa shape index (κ1) is 16.8. The van der Waals surface area contributed by atoms with Crippen LogP contribution in [-0.4, -0.2) is 24.4 Å². The topological polar surface area (TPSA) is 84.2 Å². The molecule has 0 radical (unpaired) electrons. The number of hydrogen-bond donors (Lipinski definition) is 3. The van der Waals surface area contributed by atoms with E-state index in [2.05, 4.69) is 10.6 Å². The summed E-state index contributed by atoms with van der Waals surface area (Å²) in [7, 11) is 0. The Kier molecular flexibility index (Phi) is 6.26. The van der Waals surface area contributed by atoms with Crippen LogP contribution in [0.25, 0.3) is 0 Å². The van der Waals surface area contributed by atoms with Crippen molar-refractivity contribution in [2.75, 3.05) is 11.9 Å². The van der Waals surface area contributed by atoms with Gasteiger partial charge in [0.05, 0.1) is 10.6 Å². The Labute approximate surface area is 128 Å². The summed E-state index contributed by atoms with van der Waals surface area (Å²) in [5.74, 6) is -0.652. The van der Waals surface area contributed by atoms with Crippen molar-refractivity contribution in [1.29, 1.82) is 0 Å². The van der Waals surface area contributed by atoms with Crippen molar-refractivity contribution >= 4 is 41.5 Å². The number of primary amides is 1. The van der Waals surface area contributed by atoms with Gasteiger partial charge in [0.25, 0.3) is 0 Å². The van der Waals surface area contributed by atoms with Gasteiger partial charge in [-0.2, -0.15) is 0 Å². The maximum atomic E-state index is 11.8. The molecule has 20 heavy (non-hydrogen) atoms. The van der Waals surface area contributed by atoms with E-state index < -0.39 is 5.91 Å². The highest BCUT2D eigenvalue weighted by Crippen LogP contribution is 2.21. The van der Waals surface area contributed by atoms with Gasteiger partial charge in [-0.1, -0.05) is 11.6 Å². The minimum atomic E-state index is -0.585. The molecule has 1 aliphatic heterocycles.